The van der Waals surface area contributed by atoms with Gasteiger partial charge in [0.05, 0.1) is 33.0 Å². The molecule has 0 aliphatic heterocycles. The minimum atomic E-state index is 0.569. The van der Waals surface area contributed by atoms with Crippen molar-refractivity contribution in [3.8, 4) is 0 Å². The van der Waals surface area contributed by atoms with Crippen molar-refractivity contribution >= 4 is 59.9 Å². The van der Waals surface area contributed by atoms with Crippen molar-refractivity contribution in [2.45, 2.75) is 27.2 Å². The van der Waals surface area contributed by atoms with E-state index in [0.717, 1.165) is 17.5 Å². The highest BCUT2D eigenvalue weighted by Gasteiger charge is 2.23. The molecule has 0 atom stereocenters. The van der Waals surface area contributed by atoms with E-state index in [1.165, 1.54) is 60.0 Å². The Morgan fingerprint density at radius 2 is 1.59 bits per heavy atom. The topological polar surface area (TPSA) is 30.2 Å². The first-order valence-electron chi connectivity index (χ1n) is 11.4. The van der Waals surface area contributed by atoms with Crippen LogP contribution in [0.1, 0.15) is 25.0 Å². The van der Waals surface area contributed by atoms with E-state index >= 15 is 0 Å². The molecule has 0 N–H and O–H groups in total. The van der Waals surface area contributed by atoms with Crippen LogP contribution >= 0.6 is 0 Å². The predicted molar refractivity (Wildman–Crippen MR) is 135 cm³/mol. The molecule has 7 aromatic rings. The molecule has 0 saturated carbocycles. The average Bonchev–Trinajstić information content (AvgIpc) is 3.14. The van der Waals surface area contributed by atoms with Crippen LogP contribution in [0.3, 0.4) is 0 Å². The number of hydrogen-bond acceptors (Lipinski definition) is 2. The smallest absolute Gasteiger partial charge is 0.116 e. The fourth-order valence-corrected chi connectivity index (χ4v) is 5.80. The van der Waals surface area contributed by atoms with Crippen molar-refractivity contribution < 1.29 is 0 Å². The van der Waals surface area contributed by atoms with E-state index in [2.05, 4.69) is 85.8 Å². The van der Waals surface area contributed by atoms with Crippen LogP contribution in [-0.4, -0.2) is 14.4 Å². The minimum Gasteiger partial charge on any atom is -0.307 e. The third kappa shape index (κ3) is 2.16. The van der Waals surface area contributed by atoms with Gasteiger partial charge in [-0.05, 0) is 59.4 Å². The number of aryl methyl sites for hydroxylation is 1. The van der Waals surface area contributed by atoms with E-state index < -0.39 is 0 Å². The third-order valence-electron chi connectivity index (χ3n) is 7.00. The van der Waals surface area contributed by atoms with Crippen LogP contribution in [0, 0.1) is 12.8 Å². The molecule has 0 amide bonds. The van der Waals surface area contributed by atoms with Crippen LogP contribution < -0.4 is 0 Å². The van der Waals surface area contributed by atoms with Crippen molar-refractivity contribution in [3.63, 3.8) is 0 Å². The molecule has 0 bridgehead atoms. The molecule has 0 radical (unpaired) electrons. The van der Waals surface area contributed by atoms with Crippen molar-refractivity contribution in [2.75, 3.05) is 0 Å². The van der Waals surface area contributed by atoms with Crippen LogP contribution in [-0.2, 0) is 6.42 Å². The Kier molecular flexibility index (Phi) is 3.45. The number of benzene rings is 4. The Morgan fingerprint density at radius 1 is 0.812 bits per heavy atom. The number of fused-ring (bicyclic) bond motifs is 7. The predicted octanol–water partition coefficient (Wildman–Crippen LogP) is 7.44. The Balaban J connectivity index is 1.89. The van der Waals surface area contributed by atoms with Gasteiger partial charge in [0.25, 0.3) is 0 Å². The summed E-state index contributed by atoms with van der Waals surface area (Å²) in [5.41, 5.74) is 8.55. The minimum absolute atomic E-state index is 0.569. The molecule has 32 heavy (non-hydrogen) atoms. The third-order valence-corrected chi connectivity index (χ3v) is 7.00. The summed E-state index contributed by atoms with van der Waals surface area (Å²) in [5.74, 6) is 0.569. The monoisotopic (exact) mass is 413 g/mol. The van der Waals surface area contributed by atoms with Gasteiger partial charge in [0.15, 0.2) is 0 Å². The molecule has 3 heterocycles. The van der Waals surface area contributed by atoms with Crippen molar-refractivity contribution in [2.24, 2.45) is 5.92 Å². The molecule has 154 valence electrons. The zero-order chi connectivity index (χ0) is 21.6. The highest BCUT2D eigenvalue weighted by atomic mass is 14.9. The first kappa shape index (κ1) is 17.9. The molecular formula is C29H23N3. The summed E-state index contributed by atoms with van der Waals surface area (Å²) in [6, 6.07) is 22.1. The molecule has 0 aliphatic carbocycles. The zero-order valence-electron chi connectivity index (χ0n) is 18.5. The Hall–Kier alpha value is -3.72. The zero-order valence-corrected chi connectivity index (χ0v) is 18.5. The molecule has 7 rings (SSSR count). The van der Waals surface area contributed by atoms with Gasteiger partial charge in [0.1, 0.15) is 6.33 Å². The van der Waals surface area contributed by atoms with Gasteiger partial charge in [-0.1, -0.05) is 56.3 Å². The SMILES string of the molecule is Cc1c2ccccc2cc2c3ncnc4cc(CC(C)C)c5c6ccccc6n(c12)c5c43. The Morgan fingerprint density at radius 3 is 2.44 bits per heavy atom. The quantitative estimate of drug-likeness (QED) is 0.218. The van der Waals surface area contributed by atoms with E-state index in [4.69, 9.17) is 9.97 Å². The number of nitrogens with zero attached hydrogens (tertiary/aromatic N) is 3. The maximum atomic E-state index is 4.85. The van der Waals surface area contributed by atoms with Gasteiger partial charge in [-0.3, -0.25) is 0 Å². The second kappa shape index (κ2) is 6.17. The van der Waals surface area contributed by atoms with Crippen LogP contribution in [0.15, 0.2) is 67.0 Å². The highest BCUT2D eigenvalue weighted by molar-refractivity contribution is 6.29. The molecule has 0 fully saturated rings. The number of rotatable bonds is 2. The van der Waals surface area contributed by atoms with Gasteiger partial charge >= 0.3 is 0 Å². The largest absolute Gasteiger partial charge is 0.307 e. The van der Waals surface area contributed by atoms with E-state index in [9.17, 15) is 0 Å². The molecule has 4 aromatic carbocycles. The van der Waals surface area contributed by atoms with Gasteiger partial charge in [-0.15, -0.1) is 0 Å². The number of para-hydroxylation sites is 1. The molecule has 0 aliphatic rings. The number of pyridine rings is 1. The van der Waals surface area contributed by atoms with Gasteiger partial charge in [-0.25, -0.2) is 9.97 Å². The summed E-state index contributed by atoms with van der Waals surface area (Å²) in [4.78, 5) is 9.58. The molecular weight excluding hydrogens is 390 g/mol. The normalized spacial score (nSPS) is 12.6. The van der Waals surface area contributed by atoms with Gasteiger partial charge in [-0.2, -0.15) is 0 Å². The van der Waals surface area contributed by atoms with E-state index in [1.807, 2.05) is 0 Å². The lowest BCUT2D eigenvalue weighted by atomic mass is 9.94. The van der Waals surface area contributed by atoms with Gasteiger partial charge in [0, 0.05) is 16.2 Å². The standard InChI is InChI=1S/C29H23N3/c1-16(2)12-19-14-23-26-27(31-15-30-23)22-13-18-8-4-5-9-20(18)17(3)28(22)32-24-11-7-6-10-21(24)25(19)29(26)32/h4-11,13-16H,12H2,1-3H3. The fraction of sp³-hybridized carbons (Fsp3) is 0.172. The molecule has 0 spiro atoms. The maximum absolute atomic E-state index is 4.85. The fourth-order valence-electron chi connectivity index (χ4n) is 5.80. The summed E-state index contributed by atoms with van der Waals surface area (Å²) in [7, 11) is 0. The van der Waals surface area contributed by atoms with Crippen molar-refractivity contribution in [3.05, 3.63) is 78.1 Å². The van der Waals surface area contributed by atoms with Gasteiger partial charge < -0.3 is 4.40 Å². The molecule has 3 heteroatoms. The highest BCUT2D eigenvalue weighted by Crippen LogP contribution is 2.43. The molecule has 0 unspecified atom stereocenters. The van der Waals surface area contributed by atoms with E-state index in [1.54, 1.807) is 6.33 Å². The summed E-state index contributed by atoms with van der Waals surface area (Å²) >= 11 is 0. The van der Waals surface area contributed by atoms with Gasteiger partial charge in [0.2, 0.25) is 0 Å². The second-order valence-corrected chi connectivity index (χ2v) is 9.45. The van der Waals surface area contributed by atoms with Crippen molar-refractivity contribution in [1.29, 1.82) is 0 Å². The van der Waals surface area contributed by atoms with Crippen LogP contribution in [0.4, 0.5) is 0 Å². The lowest BCUT2D eigenvalue weighted by Crippen LogP contribution is -2.00. The first-order chi connectivity index (χ1) is 15.6. The van der Waals surface area contributed by atoms with Crippen LogP contribution in [0.25, 0.3) is 59.9 Å². The average molecular weight is 414 g/mol. The Labute approximate surface area is 185 Å². The number of hydrogen-bond donors (Lipinski definition) is 0. The Bertz CT molecular complexity index is 1840. The van der Waals surface area contributed by atoms with E-state index in [0.29, 0.717) is 5.92 Å². The maximum Gasteiger partial charge on any atom is 0.116 e. The van der Waals surface area contributed by atoms with Crippen LogP contribution in [0.5, 0.6) is 0 Å². The summed E-state index contributed by atoms with van der Waals surface area (Å²) in [6.45, 7) is 6.83. The lowest BCUT2D eigenvalue weighted by molar-refractivity contribution is 0.650. The van der Waals surface area contributed by atoms with Crippen molar-refractivity contribution in [1.82, 2.24) is 14.4 Å². The van der Waals surface area contributed by atoms with Crippen LogP contribution in [0.2, 0.25) is 0 Å². The molecule has 0 saturated heterocycles. The first-order valence-corrected chi connectivity index (χ1v) is 11.4. The summed E-state index contributed by atoms with van der Waals surface area (Å²) < 4.78 is 2.49. The molecule has 3 nitrogen and oxygen atoms in total. The summed E-state index contributed by atoms with van der Waals surface area (Å²) in [5, 5.41) is 7.59. The second-order valence-electron chi connectivity index (χ2n) is 9.45. The summed E-state index contributed by atoms with van der Waals surface area (Å²) in [6.07, 6.45) is 2.76. The number of aromatic nitrogens is 3. The lowest BCUT2D eigenvalue weighted by Gasteiger charge is -2.17. The van der Waals surface area contributed by atoms with E-state index in [-0.39, 0.29) is 0 Å². The molecule has 3 aromatic heterocycles.